The summed E-state index contributed by atoms with van der Waals surface area (Å²) < 4.78 is 1.59. The molecule has 120 valence electrons. The Kier molecular flexibility index (Phi) is 6.69. The van der Waals surface area contributed by atoms with Crippen LogP contribution in [0.5, 0.6) is 0 Å². The number of carbonyl (C=O) groups is 2. The van der Waals surface area contributed by atoms with Crippen LogP contribution in [0.4, 0.5) is 5.69 Å². The number of rotatable bonds is 5. The van der Waals surface area contributed by atoms with Crippen molar-refractivity contribution in [2.45, 2.75) is 6.54 Å². The fourth-order valence-electron chi connectivity index (χ4n) is 1.92. The van der Waals surface area contributed by atoms with E-state index in [2.05, 4.69) is 10.5 Å². The van der Waals surface area contributed by atoms with E-state index in [1.165, 1.54) is 18.3 Å². The van der Waals surface area contributed by atoms with Crippen molar-refractivity contribution >= 4 is 23.8 Å². The van der Waals surface area contributed by atoms with Gasteiger partial charge in [0.05, 0.1) is 23.0 Å². The zero-order valence-corrected chi connectivity index (χ0v) is 12.6. The summed E-state index contributed by atoms with van der Waals surface area (Å²) in [7, 11) is 0. The second-order valence-electron chi connectivity index (χ2n) is 4.45. The van der Waals surface area contributed by atoms with Crippen LogP contribution in [0, 0.1) is 0 Å². The predicted octanol–water partition coefficient (Wildman–Crippen LogP) is -1.88. The van der Waals surface area contributed by atoms with Gasteiger partial charge in [-0.3, -0.25) is 4.79 Å². The zero-order chi connectivity index (χ0) is 15.9. The SMILES string of the molecule is O=C(C[n+]1cccc(C=NO)c1)Nc1ccccc1C(=O)O.[Cl-]. The minimum absolute atomic E-state index is 0. The first-order valence-corrected chi connectivity index (χ1v) is 6.39. The number of nitrogens with zero attached hydrogens (tertiary/aromatic N) is 2. The lowest BCUT2D eigenvalue weighted by Crippen LogP contribution is -3.00. The van der Waals surface area contributed by atoms with E-state index >= 15 is 0 Å². The van der Waals surface area contributed by atoms with Gasteiger partial charge in [0.25, 0.3) is 5.91 Å². The summed E-state index contributed by atoms with van der Waals surface area (Å²) in [6, 6.07) is 9.60. The van der Waals surface area contributed by atoms with Crippen molar-refractivity contribution in [2.75, 3.05) is 5.32 Å². The van der Waals surface area contributed by atoms with Crippen LogP contribution < -0.4 is 22.3 Å². The number of aromatic carboxylic acids is 1. The van der Waals surface area contributed by atoms with Gasteiger partial charge in [-0.25, -0.2) is 4.79 Å². The molecule has 7 nitrogen and oxygen atoms in total. The highest BCUT2D eigenvalue weighted by molar-refractivity contribution is 6.00. The number of oxime groups is 1. The molecule has 0 saturated heterocycles. The first-order valence-electron chi connectivity index (χ1n) is 6.39. The van der Waals surface area contributed by atoms with Crippen molar-refractivity contribution in [3.63, 3.8) is 0 Å². The van der Waals surface area contributed by atoms with Crippen molar-refractivity contribution in [1.82, 2.24) is 0 Å². The maximum absolute atomic E-state index is 12.0. The molecule has 0 spiro atoms. The number of carboxylic acids is 1. The topological polar surface area (TPSA) is 103 Å². The van der Waals surface area contributed by atoms with Crippen molar-refractivity contribution < 1.29 is 36.9 Å². The molecule has 2 aromatic rings. The van der Waals surface area contributed by atoms with Gasteiger partial charge in [0.2, 0.25) is 6.54 Å². The summed E-state index contributed by atoms with van der Waals surface area (Å²) in [6.45, 7) is 0.00105. The zero-order valence-electron chi connectivity index (χ0n) is 11.9. The number of amides is 1. The first kappa shape index (κ1) is 18.1. The molecule has 0 bridgehead atoms. The van der Waals surface area contributed by atoms with E-state index in [9.17, 15) is 9.59 Å². The minimum Gasteiger partial charge on any atom is -1.00 e. The van der Waals surface area contributed by atoms with Crippen molar-refractivity contribution in [1.29, 1.82) is 0 Å². The quantitative estimate of drug-likeness (QED) is 0.258. The average molecular weight is 336 g/mol. The molecule has 0 aliphatic heterocycles. The molecule has 1 amide bonds. The predicted molar refractivity (Wildman–Crippen MR) is 78.0 cm³/mol. The Morgan fingerprint density at radius 3 is 2.65 bits per heavy atom. The summed E-state index contributed by atoms with van der Waals surface area (Å²) in [5.74, 6) is -1.47. The molecule has 23 heavy (non-hydrogen) atoms. The average Bonchev–Trinajstić information content (AvgIpc) is 2.48. The maximum atomic E-state index is 12.0. The van der Waals surface area contributed by atoms with E-state index in [1.54, 1.807) is 41.2 Å². The Bertz CT molecular complexity index is 734. The molecule has 0 saturated carbocycles. The van der Waals surface area contributed by atoms with Gasteiger partial charge in [-0.15, -0.1) is 0 Å². The van der Waals surface area contributed by atoms with Gasteiger partial charge >= 0.3 is 5.97 Å². The number of benzene rings is 1. The summed E-state index contributed by atoms with van der Waals surface area (Å²) in [4.78, 5) is 23.1. The highest BCUT2D eigenvalue weighted by Crippen LogP contribution is 2.14. The number of anilines is 1. The lowest BCUT2D eigenvalue weighted by molar-refractivity contribution is -0.684. The summed E-state index contributed by atoms with van der Waals surface area (Å²) in [6.07, 6.45) is 4.55. The maximum Gasteiger partial charge on any atom is 0.337 e. The first-order chi connectivity index (χ1) is 10.6. The Labute approximate surface area is 138 Å². The molecule has 0 atom stereocenters. The highest BCUT2D eigenvalue weighted by Gasteiger charge is 2.14. The highest BCUT2D eigenvalue weighted by atomic mass is 35.5. The number of para-hydroxylation sites is 1. The van der Waals surface area contributed by atoms with Crippen LogP contribution in [-0.4, -0.2) is 28.4 Å². The Morgan fingerprint density at radius 2 is 1.96 bits per heavy atom. The second kappa shape index (κ2) is 8.50. The van der Waals surface area contributed by atoms with Crippen LogP contribution >= 0.6 is 0 Å². The smallest absolute Gasteiger partial charge is 0.337 e. The minimum atomic E-state index is -1.11. The Hall–Kier alpha value is -2.93. The lowest BCUT2D eigenvalue weighted by atomic mass is 10.2. The number of pyridine rings is 1. The third kappa shape index (κ3) is 5.08. The molecule has 0 aliphatic rings. The van der Waals surface area contributed by atoms with Gasteiger partial charge in [-0.1, -0.05) is 17.3 Å². The number of carbonyl (C=O) groups excluding carboxylic acids is 1. The van der Waals surface area contributed by atoms with Gasteiger partial charge in [0, 0.05) is 6.07 Å². The van der Waals surface area contributed by atoms with Gasteiger partial charge < -0.3 is 28.0 Å². The van der Waals surface area contributed by atoms with Crippen LogP contribution in [0.25, 0.3) is 0 Å². The molecular weight excluding hydrogens is 322 g/mol. The van der Waals surface area contributed by atoms with Crippen LogP contribution in [0.1, 0.15) is 15.9 Å². The van der Waals surface area contributed by atoms with E-state index in [-0.39, 0.29) is 36.1 Å². The fraction of sp³-hybridized carbons (Fsp3) is 0.0667. The number of halogens is 1. The molecule has 0 aliphatic carbocycles. The third-order valence-corrected chi connectivity index (χ3v) is 2.85. The lowest BCUT2D eigenvalue weighted by Gasteiger charge is -2.06. The molecule has 0 fully saturated rings. The largest absolute Gasteiger partial charge is 1.00 e. The van der Waals surface area contributed by atoms with E-state index in [0.717, 1.165) is 0 Å². The molecule has 2 rings (SSSR count). The Balaban J connectivity index is 0.00000264. The fourth-order valence-corrected chi connectivity index (χ4v) is 1.92. The molecule has 1 aromatic carbocycles. The molecule has 3 N–H and O–H groups in total. The van der Waals surface area contributed by atoms with Gasteiger partial charge in [-0.2, -0.15) is 4.57 Å². The monoisotopic (exact) mass is 335 g/mol. The normalized spacial score (nSPS) is 10.1. The molecule has 8 heteroatoms. The second-order valence-corrected chi connectivity index (χ2v) is 4.45. The standard InChI is InChI=1S/C15H13N3O4.ClH/c19-14(10-18-7-3-4-11(9-18)8-16-22)17-13-6-2-1-5-12(13)15(20)21;/h1-9H,10H2,(H2-,17,19,20,21,22);1H. The number of carboxylic acid groups (broad SMARTS) is 1. The van der Waals surface area contributed by atoms with Crippen LogP contribution in [0.15, 0.2) is 53.9 Å². The molecule has 0 unspecified atom stereocenters. The molecule has 0 radical (unpaired) electrons. The molecular formula is C15H14ClN3O4. The molecule has 1 aromatic heterocycles. The van der Waals surface area contributed by atoms with Crippen LogP contribution in [-0.2, 0) is 11.3 Å². The summed E-state index contributed by atoms with van der Waals surface area (Å²) in [5, 5.41) is 23.1. The van der Waals surface area contributed by atoms with E-state index in [4.69, 9.17) is 10.3 Å². The van der Waals surface area contributed by atoms with Crippen LogP contribution in [0.3, 0.4) is 0 Å². The van der Waals surface area contributed by atoms with Crippen molar-refractivity contribution in [3.05, 3.63) is 59.9 Å². The summed E-state index contributed by atoms with van der Waals surface area (Å²) >= 11 is 0. The molecule has 1 heterocycles. The number of aromatic nitrogens is 1. The Morgan fingerprint density at radius 1 is 1.22 bits per heavy atom. The number of hydrogen-bond donors (Lipinski definition) is 3. The van der Waals surface area contributed by atoms with Gasteiger partial charge in [-0.05, 0) is 18.2 Å². The third-order valence-electron chi connectivity index (χ3n) is 2.85. The number of hydrogen-bond acceptors (Lipinski definition) is 4. The van der Waals surface area contributed by atoms with Gasteiger partial charge in [0.15, 0.2) is 12.4 Å². The van der Waals surface area contributed by atoms with Gasteiger partial charge in [0.1, 0.15) is 0 Å². The van der Waals surface area contributed by atoms with Crippen LogP contribution in [0.2, 0.25) is 0 Å². The number of nitrogens with one attached hydrogen (secondary N) is 1. The van der Waals surface area contributed by atoms with E-state index < -0.39 is 5.97 Å². The van der Waals surface area contributed by atoms with E-state index in [1.807, 2.05) is 0 Å². The van der Waals surface area contributed by atoms with E-state index in [0.29, 0.717) is 5.56 Å². The van der Waals surface area contributed by atoms with Crippen molar-refractivity contribution in [3.8, 4) is 0 Å². The van der Waals surface area contributed by atoms with Crippen molar-refractivity contribution in [2.24, 2.45) is 5.16 Å². The summed E-state index contributed by atoms with van der Waals surface area (Å²) in [5.41, 5.74) is 0.902.